The van der Waals surface area contributed by atoms with Crippen LogP contribution < -0.4 is 0 Å². The minimum Gasteiger partial charge on any atom is -0.361 e. The van der Waals surface area contributed by atoms with Gasteiger partial charge in [0.15, 0.2) is 0 Å². The Bertz CT molecular complexity index is 269. The highest BCUT2D eigenvalue weighted by molar-refractivity contribution is 9.09. The fourth-order valence-corrected chi connectivity index (χ4v) is 1.11. The van der Waals surface area contributed by atoms with Gasteiger partial charge in [0.05, 0.1) is 5.69 Å². The van der Waals surface area contributed by atoms with Crippen molar-refractivity contribution >= 4 is 22.0 Å². The predicted molar refractivity (Wildman–Crippen MR) is 53.4 cm³/mol. The van der Waals surface area contributed by atoms with Gasteiger partial charge >= 0.3 is 0 Å². The van der Waals surface area contributed by atoms with Gasteiger partial charge in [-0.05, 0) is 20.8 Å². The van der Waals surface area contributed by atoms with Gasteiger partial charge in [0.2, 0.25) is 0 Å². The van der Waals surface area contributed by atoms with Gasteiger partial charge in [-0.25, -0.2) is 0 Å². The van der Waals surface area contributed by atoms with Crippen molar-refractivity contribution in [1.29, 1.82) is 0 Å². The van der Waals surface area contributed by atoms with Crippen LogP contribution in [0.1, 0.15) is 23.9 Å². The van der Waals surface area contributed by atoms with Gasteiger partial charge in [0.1, 0.15) is 5.76 Å². The highest BCUT2D eigenvalue weighted by Crippen LogP contribution is 2.15. The van der Waals surface area contributed by atoms with E-state index in [1.807, 2.05) is 19.9 Å². The lowest BCUT2D eigenvalue weighted by Gasteiger charge is -1.91. The van der Waals surface area contributed by atoms with Crippen LogP contribution in [0.5, 0.6) is 0 Å². The highest BCUT2D eigenvalue weighted by atomic mass is 79.9. The molecule has 12 heavy (non-hydrogen) atoms. The summed E-state index contributed by atoms with van der Waals surface area (Å²) in [5.41, 5.74) is 2.03. The van der Waals surface area contributed by atoms with Crippen LogP contribution in [-0.2, 0) is 0 Å². The molecule has 0 amide bonds. The van der Waals surface area contributed by atoms with E-state index in [0.29, 0.717) is 4.83 Å². The third kappa shape index (κ3) is 2.21. The molecule has 66 valence electrons. The zero-order valence-corrected chi connectivity index (χ0v) is 9.05. The second kappa shape index (κ2) is 3.90. The van der Waals surface area contributed by atoms with E-state index >= 15 is 0 Å². The summed E-state index contributed by atoms with van der Waals surface area (Å²) in [5.74, 6) is 0.872. The minimum atomic E-state index is 0.381. The first-order valence-electron chi connectivity index (χ1n) is 3.86. The molecule has 1 rings (SSSR count). The average molecular weight is 230 g/mol. The fraction of sp³-hybridized carbons (Fsp3) is 0.444. The van der Waals surface area contributed by atoms with E-state index in [1.54, 1.807) is 0 Å². The van der Waals surface area contributed by atoms with Gasteiger partial charge in [0, 0.05) is 10.4 Å². The first-order valence-corrected chi connectivity index (χ1v) is 4.78. The Hall–Kier alpha value is -0.570. The van der Waals surface area contributed by atoms with E-state index in [-0.39, 0.29) is 0 Å². The third-order valence-electron chi connectivity index (χ3n) is 1.62. The van der Waals surface area contributed by atoms with Gasteiger partial charge in [-0.1, -0.05) is 33.2 Å². The number of alkyl halides is 1. The van der Waals surface area contributed by atoms with Crippen LogP contribution in [0.2, 0.25) is 0 Å². The Kier molecular flexibility index (Phi) is 3.09. The van der Waals surface area contributed by atoms with E-state index < -0.39 is 0 Å². The zero-order chi connectivity index (χ0) is 9.14. The molecule has 0 saturated carbocycles. The lowest BCUT2D eigenvalue weighted by molar-refractivity contribution is 0.393. The van der Waals surface area contributed by atoms with Crippen LogP contribution in [0.3, 0.4) is 0 Å². The zero-order valence-electron chi connectivity index (χ0n) is 7.47. The first-order chi connectivity index (χ1) is 5.61. The van der Waals surface area contributed by atoms with Gasteiger partial charge in [-0.3, -0.25) is 0 Å². The SMILES string of the molecule is Cc1noc(C)c1/C=C/C(C)Br. The third-order valence-corrected chi connectivity index (χ3v) is 1.92. The molecule has 0 bridgehead atoms. The summed E-state index contributed by atoms with van der Waals surface area (Å²) in [6.45, 7) is 5.92. The first kappa shape index (κ1) is 9.52. The molecule has 0 N–H and O–H groups in total. The van der Waals surface area contributed by atoms with Crippen molar-refractivity contribution < 1.29 is 4.52 Å². The van der Waals surface area contributed by atoms with Crippen molar-refractivity contribution in [3.8, 4) is 0 Å². The summed E-state index contributed by atoms with van der Waals surface area (Å²) < 4.78 is 5.01. The second-order valence-electron chi connectivity index (χ2n) is 2.77. The molecule has 2 nitrogen and oxygen atoms in total. The molecule has 1 aromatic heterocycles. The summed E-state index contributed by atoms with van der Waals surface area (Å²) in [6.07, 6.45) is 4.09. The fourth-order valence-electron chi connectivity index (χ4n) is 0.957. The van der Waals surface area contributed by atoms with E-state index in [4.69, 9.17) is 4.52 Å². The highest BCUT2D eigenvalue weighted by Gasteiger charge is 2.04. The molecule has 0 saturated heterocycles. The molecule has 3 heteroatoms. The second-order valence-corrected chi connectivity index (χ2v) is 4.22. The Morgan fingerprint density at radius 2 is 2.17 bits per heavy atom. The number of halogens is 1. The molecule has 0 aromatic carbocycles. The Morgan fingerprint density at radius 3 is 2.58 bits per heavy atom. The van der Waals surface area contributed by atoms with Crippen LogP contribution in [0.25, 0.3) is 6.08 Å². The molecule has 0 aliphatic carbocycles. The van der Waals surface area contributed by atoms with Crippen molar-refractivity contribution in [2.45, 2.75) is 25.6 Å². The number of aromatic nitrogens is 1. The number of hydrogen-bond donors (Lipinski definition) is 0. The maximum atomic E-state index is 5.01. The quantitative estimate of drug-likeness (QED) is 0.729. The molecular weight excluding hydrogens is 218 g/mol. The molecule has 1 unspecified atom stereocenters. The normalized spacial score (nSPS) is 14.0. The standard InChI is InChI=1S/C9H12BrNO/c1-6(10)4-5-9-7(2)11-12-8(9)3/h4-6H,1-3H3/b5-4+. The molecular formula is C9H12BrNO. The van der Waals surface area contributed by atoms with Crippen LogP contribution >= 0.6 is 15.9 Å². The van der Waals surface area contributed by atoms with E-state index in [2.05, 4.69) is 34.1 Å². The van der Waals surface area contributed by atoms with Crippen LogP contribution in [0.15, 0.2) is 10.6 Å². The largest absolute Gasteiger partial charge is 0.361 e. The van der Waals surface area contributed by atoms with Crippen molar-refractivity contribution in [3.63, 3.8) is 0 Å². The Labute approximate surface area is 80.8 Å². The van der Waals surface area contributed by atoms with E-state index in [1.165, 1.54) is 0 Å². The number of rotatable bonds is 2. The topological polar surface area (TPSA) is 26.0 Å². The molecule has 0 aliphatic rings. The van der Waals surface area contributed by atoms with E-state index in [0.717, 1.165) is 17.0 Å². The number of allylic oxidation sites excluding steroid dienone is 1. The van der Waals surface area contributed by atoms with Gasteiger partial charge in [-0.2, -0.15) is 0 Å². The smallest absolute Gasteiger partial charge is 0.141 e. The van der Waals surface area contributed by atoms with Gasteiger partial charge in [-0.15, -0.1) is 0 Å². The maximum Gasteiger partial charge on any atom is 0.141 e. The molecule has 1 heterocycles. The predicted octanol–water partition coefficient (Wildman–Crippen LogP) is 3.09. The lowest BCUT2D eigenvalue weighted by Crippen LogP contribution is -1.82. The van der Waals surface area contributed by atoms with Crippen LogP contribution in [-0.4, -0.2) is 9.98 Å². The molecule has 1 atom stereocenters. The van der Waals surface area contributed by atoms with Gasteiger partial charge < -0.3 is 4.52 Å². The number of nitrogens with zero attached hydrogens (tertiary/aromatic N) is 1. The number of hydrogen-bond acceptors (Lipinski definition) is 2. The lowest BCUT2D eigenvalue weighted by atomic mass is 10.2. The minimum absolute atomic E-state index is 0.381. The Morgan fingerprint density at radius 1 is 1.50 bits per heavy atom. The summed E-state index contributed by atoms with van der Waals surface area (Å²) >= 11 is 3.43. The van der Waals surface area contributed by atoms with E-state index in [9.17, 15) is 0 Å². The van der Waals surface area contributed by atoms with Crippen molar-refractivity contribution in [2.24, 2.45) is 0 Å². The average Bonchev–Trinajstić information content (AvgIpc) is 2.28. The summed E-state index contributed by atoms with van der Waals surface area (Å²) in [7, 11) is 0. The number of aryl methyl sites for hydroxylation is 2. The summed E-state index contributed by atoms with van der Waals surface area (Å²) in [5, 5.41) is 3.85. The monoisotopic (exact) mass is 229 g/mol. The maximum absolute atomic E-state index is 5.01. The van der Waals surface area contributed by atoms with Gasteiger partial charge in [0.25, 0.3) is 0 Å². The van der Waals surface area contributed by atoms with Crippen molar-refractivity contribution in [1.82, 2.24) is 5.16 Å². The Balaban J connectivity index is 2.87. The molecule has 1 aromatic rings. The molecule has 0 radical (unpaired) electrons. The van der Waals surface area contributed by atoms with Crippen molar-refractivity contribution in [3.05, 3.63) is 23.1 Å². The molecule has 0 aliphatic heterocycles. The van der Waals surface area contributed by atoms with Crippen LogP contribution in [0, 0.1) is 13.8 Å². The van der Waals surface area contributed by atoms with Crippen LogP contribution in [0.4, 0.5) is 0 Å². The van der Waals surface area contributed by atoms with Crippen molar-refractivity contribution in [2.75, 3.05) is 0 Å². The molecule has 0 fully saturated rings. The molecule has 0 spiro atoms. The summed E-state index contributed by atoms with van der Waals surface area (Å²) in [4.78, 5) is 0.381. The summed E-state index contributed by atoms with van der Waals surface area (Å²) in [6, 6.07) is 0.